The van der Waals surface area contributed by atoms with E-state index >= 15 is 0 Å². The number of sulfone groups is 1. The molecule has 1 fully saturated rings. The van der Waals surface area contributed by atoms with Gasteiger partial charge < -0.3 is 10.1 Å². The van der Waals surface area contributed by atoms with E-state index in [4.69, 9.17) is 4.74 Å². The second-order valence-corrected chi connectivity index (χ2v) is 8.70. The molecule has 0 aromatic heterocycles. The zero-order valence-electron chi connectivity index (χ0n) is 14.4. The van der Waals surface area contributed by atoms with Crippen LogP contribution in [-0.4, -0.2) is 43.9 Å². The maximum Gasteiger partial charge on any atom is 0.416 e. The van der Waals surface area contributed by atoms with E-state index in [1.807, 2.05) is 0 Å². The number of carbonyl (C=O) groups excluding carboxylic acids is 2. The van der Waals surface area contributed by atoms with Gasteiger partial charge in [-0.25, -0.2) is 13.2 Å². The van der Waals surface area contributed by atoms with Gasteiger partial charge in [-0.05, 0) is 37.1 Å². The lowest BCUT2D eigenvalue weighted by atomic mass is 10.0. The molecule has 1 N–H and O–H groups in total. The highest BCUT2D eigenvalue weighted by molar-refractivity contribution is 7.91. The van der Waals surface area contributed by atoms with Crippen LogP contribution in [0.15, 0.2) is 30.3 Å². The fraction of sp³-hybridized carbons (Fsp3) is 0.412. The number of esters is 1. The minimum atomic E-state index is -4.44. The third-order valence-corrected chi connectivity index (χ3v) is 5.84. The van der Waals surface area contributed by atoms with Crippen molar-refractivity contribution in [3.05, 3.63) is 41.5 Å². The molecule has 6 nitrogen and oxygen atoms in total. The van der Waals surface area contributed by atoms with Gasteiger partial charge in [-0.1, -0.05) is 12.1 Å². The number of hydrogen-bond acceptors (Lipinski definition) is 5. The van der Waals surface area contributed by atoms with Gasteiger partial charge in [0.15, 0.2) is 16.4 Å². The summed E-state index contributed by atoms with van der Waals surface area (Å²) in [5.41, 5.74) is -1.34. The van der Waals surface area contributed by atoms with Crippen molar-refractivity contribution >= 4 is 27.8 Å². The number of alkyl halides is 3. The van der Waals surface area contributed by atoms with Crippen LogP contribution in [0.4, 0.5) is 13.2 Å². The van der Waals surface area contributed by atoms with E-state index in [1.54, 1.807) is 6.92 Å². The van der Waals surface area contributed by atoms with Gasteiger partial charge in [0.05, 0.1) is 22.6 Å². The molecule has 1 heterocycles. The summed E-state index contributed by atoms with van der Waals surface area (Å²) < 4.78 is 65.1. The molecule has 0 aliphatic carbocycles. The van der Waals surface area contributed by atoms with Crippen molar-refractivity contribution in [3.8, 4) is 0 Å². The smallest absolute Gasteiger partial charge is 0.416 e. The lowest BCUT2D eigenvalue weighted by molar-refractivity contribution is -0.144. The molecule has 0 saturated carbocycles. The summed E-state index contributed by atoms with van der Waals surface area (Å²) in [7, 11) is -3.19. The van der Waals surface area contributed by atoms with Crippen LogP contribution in [0.5, 0.6) is 0 Å². The van der Waals surface area contributed by atoms with Crippen molar-refractivity contribution < 1.29 is 35.9 Å². The minimum Gasteiger partial charge on any atom is -0.452 e. The summed E-state index contributed by atoms with van der Waals surface area (Å²) in [5, 5.41) is 2.53. The molecule has 27 heavy (non-hydrogen) atoms. The van der Waals surface area contributed by atoms with Crippen molar-refractivity contribution in [1.82, 2.24) is 5.32 Å². The Morgan fingerprint density at radius 1 is 1.26 bits per heavy atom. The van der Waals surface area contributed by atoms with Gasteiger partial charge in [0, 0.05) is 6.08 Å². The van der Waals surface area contributed by atoms with E-state index in [0.717, 1.165) is 18.2 Å². The SMILES string of the molecule is C[C@]1(NC(=O)COC(=O)/C=C/c2ccc(C(F)(F)F)cc2)CCS(=O)(=O)C1. The number of amides is 1. The number of nitrogens with one attached hydrogen (secondary N) is 1. The molecule has 2 rings (SSSR count). The number of carbonyl (C=O) groups is 2. The van der Waals surface area contributed by atoms with Crippen molar-refractivity contribution in [2.45, 2.75) is 25.1 Å². The zero-order valence-corrected chi connectivity index (χ0v) is 15.2. The monoisotopic (exact) mass is 405 g/mol. The third-order valence-electron chi connectivity index (χ3n) is 3.94. The van der Waals surface area contributed by atoms with E-state index in [9.17, 15) is 31.2 Å². The van der Waals surface area contributed by atoms with Gasteiger partial charge >= 0.3 is 12.1 Å². The van der Waals surface area contributed by atoms with Crippen molar-refractivity contribution in [2.24, 2.45) is 0 Å². The van der Waals surface area contributed by atoms with E-state index < -0.39 is 45.6 Å². The van der Waals surface area contributed by atoms with Gasteiger partial charge in [0.25, 0.3) is 5.91 Å². The first-order valence-electron chi connectivity index (χ1n) is 7.92. The van der Waals surface area contributed by atoms with Gasteiger partial charge in [0.2, 0.25) is 0 Å². The predicted octanol–water partition coefficient (Wildman–Crippen LogP) is 1.96. The number of ether oxygens (including phenoxy) is 1. The van der Waals surface area contributed by atoms with Crippen LogP contribution in [0.1, 0.15) is 24.5 Å². The van der Waals surface area contributed by atoms with Gasteiger partial charge in [-0.2, -0.15) is 13.2 Å². The van der Waals surface area contributed by atoms with Crippen LogP contribution in [0.25, 0.3) is 6.08 Å². The molecule has 0 unspecified atom stereocenters. The molecule has 1 saturated heterocycles. The molecule has 1 atom stereocenters. The molecule has 1 aromatic rings. The first kappa shape index (κ1) is 20.9. The standard InChI is InChI=1S/C17H18F3NO5S/c1-16(8-9-27(24,25)11-16)21-14(22)10-26-15(23)7-4-12-2-5-13(6-3-12)17(18,19)20/h2-7H,8-11H2,1H3,(H,21,22)/b7-4+/t16-/m0/s1. The Hall–Kier alpha value is -2.36. The Bertz CT molecular complexity index is 846. The Labute approximate surface area is 154 Å². The molecule has 0 bridgehead atoms. The summed E-state index contributed by atoms with van der Waals surface area (Å²) in [6, 6.07) is 4.16. The molecule has 0 spiro atoms. The normalized spacial score (nSPS) is 21.9. The number of halogens is 3. The fourth-order valence-electron chi connectivity index (χ4n) is 2.61. The summed E-state index contributed by atoms with van der Waals surface area (Å²) in [6.07, 6.45) is -1.92. The minimum absolute atomic E-state index is 0.0145. The number of benzene rings is 1. The molecule has 0 radical (unpaired) electrons. The summed E-state index contributed by atoms with van der Waals surface area (Å²) in [6.45, 7) is 1.01. The Morgan fingerprint density at radius 2 is 1.89 bits per heavy atom. The molecule has 148 valence electrons. The van der Waals surface area contributed by atoms with E-state index in [-0.39, 0.29) is 17.9 Å². The molecule has 1 aliphatic rings. The second-order valence-electron chi connectivity index (χ2n) is 6.51. The molecule has 1 aromatic carbocycles. The summed E-state index contributed by atoms with van der Waals surface area (Å²) in [5.74, 6) is -1.67. The average molecular weight is 405 g/mol. The predicted molar refractivity (Wildman–Crippen MR) is 91.3 cm³/mol. The van der Waals surface area contributed by atoms with Crippen LogP contribution < -0.4 is 5.32 Å². The fourth-order valence-corrected chi connectivity index (χ4v) is 4.71. The lowest BCUT2D eigenvalue weighted by Crippen LogP contribution is -2.48. The van der Waals surface area contributed by atoms with Gasteiger partial charge in [-0.3, -0.25) is 4.79 Å². The Morgan fingerprint density at radius 3 is 2.41 bits per heavy atom. The second kappa shape index (κ2) is 7.71. The first-order valence-corrected chi connectivity index (χ1v) is 9.74. The topological polar surface area (TPSA) is 89.5 Å². The highest BCUT2D eigenvalue weighted by Gasteiger charge is 2.39. The average Bonchev–Trinajstić information content (AvgIpc) is 2.83. The molecular formula is C17H18F3NO5S. The lowest BCUT2D eigenvalue weighted by Gasteiger charge is -2.23. The largest absolute Gasteiger partial charge is 0.452 e. The zero-order chi connectivity index (χ0) is 20.3. The quantitative estimate of drug-likeness (QED) is 0.598. The highest BCUT2D eigenvalue weighted by Crippen LogP contribution is 2.29. The van der Waals surface area contributed by atoms with Crippen LogP contribution in [0.2, 0.25) is 0 Å². The molecule has 1 amide bonds. The van der Waals surface area contributed by atoms with E-state index in [1.165, 1.54) is 18.2 Å². The Kier molecular flexibility index (Phi) is 5.98. The number of rotatable bonds is 5. The van der Waals surface area contributed by atoms with Crippen LogP contribution in [0.3, 0.4) is 0 Å². The van der Waals surface area contributed by atoms with Crippen LogP contribution in [0, 0.1) is 0 Å². The third kappa shape index (κ3) is 6.38. The summed E-state index contributed by atoms with van der Waals surface area (Å²) in [4.78, 5) is 23.4. The maximum absolute atomic E-state index is 12.5. The summed E-state index contributed by atoms with van der Waals surface area (Å²) >= 11 is 0. The Balaban J connectivity index is 1.82. The van der Waals surface area contributed by atoms with Gasteiger partial charge in [-0.15, -0.1) is 0 Å². The van der Waals surface area contributed by atoms with Gasteiger partial charge in [0.1, 0.15) is 0 Å². The van der Waals surface area contributed by atoms with Crippen molar-refractivity contribution in [2.75, 3.05) is 18.1 Å². The molecular weight excluding hydrogens is 387 g/mol. The van der Waals surface area contributed by atoms with E-state index in [0.29, 0.717) is 5.56 Å². The van der Waals surface area contributed by atoms with Crippen LogP contribution in [-0.2, 0) is 30.3 Å². The highest BCUT2D eigenvalue weighted by atomic mass is 32.2. The van der Waals surface area contributed by atoms with Crippen molar-refractivity contribution in [3.63, 3.8) is 0 Å². The van der Waals surface area contributed by atoms with Crippen molar-refractivity contribution in [1.29, 1.82) is 0 Å². The number of hydrogen-bond donors (Lipinski definition) is 1. The van der Waals surface area contributed by atoms with Crippen LogP contribution >= 0.6 is 0 Å². The molecule has 10 heteroatoms. The first-order chi connectivity index (χ1) is 12.4. The van der Waals surface area contributed by atoms with E-state index in [2.05, 4.69) is 5.32 Å². The maximum atomic E-state index is 12.5. The molecule has 1 aliphatic heterocycles.